The van der Waals surface area contributed by atoms with Gasteiger partial charge in [0.05, 0.1) is 11.6 Å². The van der Waals surface area contributed by atoms with Crippen LogP contribution in [0.4, 0.5) is 5.69 Å². The Morgan fingerprint density at radius 2 is 2.29 bits per heavy atom. The molecule has 4 heteroatoms. The predicted octanol–water partition coefficient (Wildman–Crippen LogP) is 1.34. The first-order chi connectivity index (χ1) is 8.16. The maximum atomic E-state index is 12.4. The Morgan fingerprint density at radius 3 is 3.12 bits per heavy atom. The minimum Gasteiger partial charge on any atom is -0.372 e. The second-order valence-electron chi connectivity index (χ2n) is 4.85. The molecule has 1 aromatic rings. The van der Waals surface area contributed by atoms with E-state index in [0.717, 1.165) is 30.6 Å². The summed E-state index contributed by atoms with van der Waals surface area (Å²) in [5.74, 6) is 0.0373. The normalized spacial score (nSPS) is 27.2. The molecule has 0 spiro atoms. The van der Waals surface area contributed by atoms with E-state index in [2.05, 4.69) is 5.32 Å². The van der Waals surface area contributed by atoms with Gasteiger partial charge in [0.15, 0.2) is 0 Å². The van der Waals surface area contributed by atoms with Crippen molar-refractivity contribution in [1.29, 1.82) is 0 Å². The highest BCUT2D eigenvalue weighted by Gasteiger charge is 2.38. The largest absolute Gasteiger partial charge is 0.372 e. The van der Waals surface area contributed by atoms with Crippen molar-refractivity contribution >= 4 is 11.6 Å². The van der Waals surface area contributed by atoms with Gasteiger partial charge in [-0.15, -0.1) is 0 Å². The number of hydrogen-bond acceptors (Lipinski definition) is 3. The Morgan fingerprint density at radius 1 is 1.47 bits per heavy atom. The third-order valence-corrected chi connectivity index (χ3v) is 3.63. The zero-order valence-corrected chi connectivity index (χ0v) is 9.81. The van der Waals surface area contributed by atoms with Crippen LogP contribution in [0.15, 0.2) is 18.2 Å². The van der Waals surface area contributed by atoms with Crippen LogP contribution in [0.1, 0.15) is 28.8 Å². The number of aliphatic hydroxyl groups is 1. The molecule has 2 atom stereocenters. The van der Waals surface area contributed by atoms with Gasteiger partial charge in [0.25, 0.3) is 5.91 Å². The molecule has 3 rings (SSSR count). The van der Waals surface area contributed by atoms with Crippen molar-refractivity contribution < 1.29 is 9.90 Å². The molecule has 17 heavy (non-hydrogen) atoms. The Kier molecular flexibility index (Phi) is 2.33. The minimum atomic E-state index is -0.662. The molecular formula is C13H16N2O2. The zero-order valence-electron chi connectivity index (χ0n) is 9.81. The average Bonchev–Trinajstić information content (AvgIpc) is 2.76. The fraction of sp³-hybridized carbons (Fsp3) is 0.462. The molecular weight excluding hydrogens is 216 g/mol. The molecule has 0 radical (unpaired) electrons. The van der Waals surface area contributed by atoms with E-state index in [0.29, 0.717) is 5.56 Å². The lowest BCUT2D eigenvalue weighted by atomic mass is 10.1. The maximum absolute atomic E-state index is 12.4. The number of carbonyl (C=O) groups is 1. The Labute approximate surface area is 100 Å². The summed E-state index contributed by atoms with van der Waals surface area (Å²) in [5.41, 5.74) is 2.47. The van der Waals surface area contributed by atoms with Gasteiger partial charge in [0.1, 0.15) is 6.23 Å². The smallest absolute Gasteiger partial charge is 0.256 e. The molecule has 4 nitrogen and oxygen atoms in total. The van der Waals surface area contributed by atoms with E-state index >= 15 is 0 Å². The highest BCUT2D eigenvalue weighted by Crippen LogP contribution is 2.30. The Bertz CT molecular complexity index is 472. The van der Waals surface area contributed by atoms with Crippen molar-refractivity contribution in [2.75, 3.05) is 11.9 Å². The van der Waals surface area contributed by atoms with Crippen LogP contribution in [0.2, 0.25) is 0 Å². The maximum Gasteiger partial charge on any atom is 0.256 e. The first-order valence-corrected chi connectivity index (χ1v) is 6.03. The second-order valence-corrected chi connectivity index (χ2v) is 4.85. The van der Waals surface area contributed by atoms with Crippen LogP contribution >= 0.6 is 0 Å². The number of amides is 1. The lowest BCUT2D eigenvalue weighted by molar-refractivity contribution is 0.0581. The molecule has 2 aliphatic heterocycles. The molecule has 1 saturated heterocycles. The molecule has 0 unspecified atom stereocenters. The van der Waals surface area contributed by atoms with Crippen LogP contribution in [0.3, 0.4) is 0 Å². The Hall–Kier alpha value is -1.55. The van der Waals surface area contributed by atoms with Gasteiger partial charge in [-0.3, -0.25) is 4.79 Å². The Balaban J connectivity index is 2.09. The fourth-order valence-corrected chi connectivity index (χ4v) is 2.74. The standard InChI is InChI=1S/C13H16N2O2/c1-8-4-5-10-9(7-8)13(17)15-6-2-3-11(15)12(16)14-10/h4-5,7,11-12,14,16H,2-3,6H2,1H3/t11-,12-/m0/s1. The number of rotatable bonds is 0. The van der Waals surface area contributed by atoms with Crippen LogP contribution in [-0.2, 0) is 0 Å². The first-order valence-electron chi connectivity index (χ1n) is 6.03. The number of aryl methyl sites for hydroxylation is 1. The molecule has 1 aromatic carbocycles. The van der Waals surface area contributed by atoms with Gasteiger partial charge in [-0.25, -0.2) is 0 Å². The van der Waals surface area contributed by atoms with E-state index in [1.54, 1.807) is 4.90 Å². The first kappa shape index (κ1) is 10.6. The highest BCUT2D eigenvalue weighted by molar-refractivity contribution is 6.00. The van der Waals surface area contributed by atoms with Gasteiger partial charge in [-0.2, -0.15) is 0 Å². The molecule has 2 aliphatic rings. The fourth-order valence-electron chi connectivity index (χ4n) is 2.74. The predicted molar refractivity (Wildman–Crippen MR) is 64.9 cm³/mol. The number of aliphatic hydroxyl groups excluding tert-OH is 1. The van der Waals surface area contributed by atoms with Gasteiger partial charge >= 0.3 is 0 Å². The number of benzene rings is 1. The van der Waals surface area contributed by atoms with Crippen LogP contribution in [0.5, 0.6) is 0 Å². The van der Waals surface area contributed by atoms with Gasteiger partial charge in [-0.1, -0.05) is 11.6 Å². The van der Waals surface area contributed by atoms with Gasteiger partial charge in [0, 0.05) is 12.2 Å². The highest BCUT2D eigenvalue weighted by atomic mass is 16.3. The van der Waals surface area contributed by atoms with Crippen molar-refractivity contribution in [3.05, 3.63) is 29.3 Å². The summed E-state index contributed by atoms with van der Waals surface area (Å²) in [6.45, 7) is 2.71. The van der Waals surface area contributed by atoms with Crippen LogP contribution in [0.25, 0.3) is 0 Å². The lowest BCUT2D eigenvalue weighted by Gasteiger charge is -2.25. The molecule has 0 saturated carbocycles. The van der Waals surface area contributed by atoms with E-state index in [-0.39, 0.29) is 11.9 Å². The summed E-state index contributed by atoms with van der Waals surface area (Å²) in [6, 6.07) is 5.61. The molecule has 0 aliphatic carbocycles. The van der Waals surface area contributed by atoms with E-state index in [1.807, 2.05) is 25.1 Å². The molecule has 0 aromatic heterocycles. The minimum absolute atomic E-state index is 0.0373. The lowest BCUT2D eigenvalue weighted by Crippen LogP contribution is -2.43. The van der Waals surface area contributed by atoms with E-state index in [1.165, 1.54) is 0 Å². The van der Waals surface area contributed by atoms with Crippen LogP contribution in [0, 0.1) is 6.92 Å². The van der Waals surface area contributed by atoms with Crippen molar-refractivity contribution in [2.45, 2.75) is 32.0 Å². The SMILES string of the molecule is Cc1ccc2c(c1)C(=O)N1CCC[C@H]1[C@H](O)N2. The van der Waals surface area contributed by atoms with Crippen molar-refractivity contribution in [3.8, 4) is 0 Å². The average molecular weight is 232 g/mol. The quantitative estimate of drug-likeness (QED) is 0.710. The molecule has 2 heterocycles. The summed E-state index contributed by atoms with van der Waals surface area (Å²) in [5, 5.41) is 13.1. The summed E-state index contributed by atoms with van der Waals surface area (Å²) < 4.78 is 0. The van der Waals surface area contributed by atoms with Crippen molar-refractivity contribution in [1.82, 2.24) is 4.90 Å². The topological polar surface area (TPSA) is 52.6 Å². The second kappa shape index (κ2) is 3.74. The van der Waals surface area contributed by atoms with Crippen molar-refractivity contribution in [3.63, 3.8) is 0 Å². The van der Waals surface area contributed by atoms with Gasteiger partial charge in [-0.05, 0) is 31.9 Å². The van der Waals surface area contributed by atoms with Crippen LogP contribution in [-0.4, -0.2) is 34.7 Å². The molecule has 0 bridgehead atoms. The third kappa shape index (κ3) is 1.60. The van der Waals surface area contributed by atoms with Crippen LogP contribution < -0.4 is 5.32 Å². The van der Waals surface area contributed by atoms with Gasteiger partial charge in [0.2, 0.25) is 0 Å². The summed E-state index contributed by atoms with van der Waals surface area (Å²) in [6.07, 6.45) is 1.17. The molecule has 1 fully saturated rings. The molecule has 1 amide bonds. The summed E-state index contributed by atoms with van der Waals surface area (Å²) in [4.78, 5) is 14.2. The number of nitrogens with one attached hydrogen (secondary N) is 1. The van der Waals surface area contributed by atoms with Crippen molar-refractivity contribution in [2.24, 2.45) is 0 Å². The van der Waals surface area contributed by atoms with Gasteiger partial charge < -0.3 is 15.3 Å². The van der Waals surface area contributed by atoms with E-state index < -0.39 is 6.23 Å². The summed E-state index contributed by atoms with van der Waals surface area (Å²) >= 11 is 0. The van der Waals surface area contributed by atoms with E-state index in [4.69, 9.17) is 0 Å². The third-order valence-electron chi connectivity index (χ3n) is 3.63. The zero-order chi connectivity index (χ0) is 12.0. The monoisotopic (exact) mass is 232 g/mol. The number of anilines is 1. The number of carbonyl (C=O) groups excluding carboxylic acids is 1. The molecule has 90 valence electrons. The molecule has 2 N–H and O–H groups in total. The number of nitrogens with zero attached hydrogens (tertiary/aromatic N) is 1. The number of hydrogen-bond donors (Lipinski definition) is 2. The summed E-state index contributed by atoms with van der Waals surface area (Å²) in [7, 11) is 0. The number of fused-ring (bicyclic) bond motifs is 2. The van der Waals surface area contributed by atoms with E-state index in [9.17, 15) is 9.90 Å².